The second kappa shape index (κ2) is 9.65. The number of aryl methyl sites for hydroxylation is 2. The highest BCUT2D eigenvalue weighted by molar-refractivity contribution is 7.89. The van der Waals surface area contributed by atoms with Crippen LogP contribution >= 0.6 is 0 Å². The maximum Gasteiger partial charge on any atom is 0.244 e. The number of hydrogen-bond acceptors (Lipinski definition) is 4. The normalized spacial score (nSPS) is 11.4. The molecule has 30 heavy (non-hydrogen) atoms. The molecule has 3 rings (SSSR count). The van der Waals surface area contributed by atoms with Crippen LogP contribution in [0.25, 0.3) is 0 Å². The summed E-state index contributed by atoms with van der Waals surface area (Å²) in [6, 6.07) is 18.2. The van der Waals surface area contributed by atoms with Crippen LogP contribution in [0.5, 0.6) is 0 Å². The summed E-state index contributed by atoms with van der Waals surface area (Å²) in [6.07, 6.45) is 3.32. The molecule has 1 heterocycles. The van der Waals surface area contributed by atoms with Crippen LogP contribution in [0.1, 0.15) is 22.3 Å². The van der Waals surface area contributed by atoms with Crippen molar-refractivity contribution in [3.63, 3.8) is 0 Å². The lowest BCUT2D eigenvalue weighted by Gasteiger charge is -2.23. The van der Waals surface area contributed by atoms with Gasteiger partial charge in [0.2, 0.25) is 15.9 Å². The SMILES string of the molecule is Cc1ccc(C)c(S(=O)(=O)N(CC(=O)NCc2cccnc2)Cc2ccccc2)c1. The first-order valence-electron chi connectivity index (χ1n) is 9.63. The van der Waals surface area contributed by atoms with Crippen LogP contribution in [-0.4, -0.2) is 30.2 Å². The van der Waals surface area contributed by atoms with E-state index in [0.29, 0.717) is 5.56 Å². The number of nitrogens with zero attached hydrogens (tertiary/aromatic N) is 2. The molecule has 0 bridgehead atoms. The van der Waals surface area contributed by atoms with E-state index in [2.05, 4.69) is 10.3 Å². The Morgan fingerprint density at radius 2 is 1.73 bits per heavy atom. The van der Waals surface area contributed by atoms with Gasteiger partial charge in [-0.2, -0.15) is 4.31 Å². The van der Waals surface area contributed by atoms with Gasteiger partial charge < -0.3 is 5.32 Å². The molecule has 1 amide bonds. The minimum atomic E-state index is -3.87. The van der Waals surface area contributed by atoms with Crippen LogP contribution in [0.4, 0.5) is 0 Å². The summed E-state index contributed by atoms with van der Waals surface area (Å²) in [6.45, 7) is 3.73. The van der Waals surface area contributed by atoms with Gasteiger partial charge in [-0.05, 0) is 48.2 Å². The van der Waals surface area contributed by atoms with E-state index >= 15 is 0 Å². The zero-order valence-electron chi connectivity index (χ0n) is 17.1. The van der Waals surface area contributed by atoms with Crippen LogP contribution in [0.2, 0.25) is 0 Å². The molecule has 1 aromatic heterocycles. The average molecular weight is 424 g/mol. The Labute approximate surface area is 177 Å². The summed E-state index contributed by atoms with van der Waals surface area (Å²) in [5, 5.41) is 2.78. The molecule has 1 N–H and O–H groups in total. The Morgan fingerprint density at radius 3 is 2.43 bits per heavy atom. The second-order valence-electron chi connectivity index (χ2n) is 7.17. The molecule has 2 aromatic carbocycles. The van der Waals surface area contributed by atoms with E-state index in [0.717, 1.165) is 16.7 Å². The van der Waals surface area contributed by atoms with Crippen LogP contribution in [0.15, 0.2) is 78.0 Å². The van der Waals surface area contributed by atoms with E-state index in [1.165, 1.54) is 4.31 Å². The van der Waals surface area contributed by atoms with Gasteiger partial charge in [-0.1, -0.05) is 48.5 Å². The molecule has 0 aliphatic heterocycles. The van der Waals surface area contributed by atoms with Crippen molar-refractivity contribution in [2.45, 2.75) is 31.8 Å². The topological polar surface area (TPSA) is 79.4 Å². The predicted octanol–water partition coefficient (Wildman–Crippen LogP) is 3.21. The summed E-state index contributed by atoms with van der Waals surface area (Å²) >= 11 is 0. The average Bonchev–Trinajstić information content (AvgIpc) is 2.75. The van der Waals surface area contributed by atoms with Crippen molar-refractivity contribution in [3.05, 3.63) is 95.3 Å². The van der Waals surface area contributed by atoms with Gasteiger partial charge in [0.05, 0.1) is 11.4 Å². The fourth-order valence-corrected chi connectivity index (χ4v) is 4.75. The third-order valence-electron chi connectivity index (χ3n) is 4.70. The van der Waals surface area contributed by atoms with Gasteiger partial charge in [0.15, 0.2) is 0 Å². The number of carbonyl (C=O) groups excluding carboxylic acids is 1. The first-order chi connectivity index (χ1) is 14.4. The first kappa shape index (κ1) is 21.7. The lowest BCUT2D eigenvalue weighted by Crippen LogP contribution is -2.40. The number of benzene rings is 2. The van der Waals surface area contributed by atoms with Crippen molar-refractivity contribution in [1.29, 1.82) is 0 Å². The van der Waals surface area contributed by atoms with Crippen molar-refractivity contribution in [2.75, 3.05) is 6.54 Å². The third kappa shape index (κ3) is 5.52. The van der Waals surface area contributed by atoms with Gasteiger partial charge in [0.25, 0.3) is 0 Å². The van der Waals surface area contributed by atoms with Crippen molar-refractivity contribution < 1.29 is 13.2 Å². The largest absolute Gasteiger partial charge is 0.351 e. The van der Waals surface area contributed by atoms with Gasteiger partial charge in [0, 0.05) is 25.5 Å². The summed E-state index contributed by atoms with van der Waals surface area (Å²) in [4.78, 5) is 16.8. The summed E-state index contributed by atoms with van der Waals surface area (Å²) < 4.78 is 28.1. The molecule has 7 heteroatoms. The van der Waals surface area contributed by atoms with Crippen LogP contribution in [0.3, 0.4) is 0 Å². The molecule has 0 atom stereocenters. The first-order valence-corrected chi connectivity index (χ1v) is 11.1. The van der Waals surface area contributed by atoms with E-state index in [1.807, 2.05) is 49.4 Å². The van der Waals surface area contributed by atoms with Crippen LogP contribution in [-0.2, 0) is 27.9 Å². The number of nitrogens with one attached hydrogen (secondary N) is 1. The molecule has 0 saturated carbocycles. The van der Waals surface area contributed by atoms with E-state index in [4.69, 9.17) is 0 Å². The number of pyridine rings is 1. The number of rotatable bonds is 8. The van der Waals surface area contributed by atoms with E-state index in [-0.39, 0.29) is 30.4 Å². The zero-order chi connectivity index (χ0) is 21.6. The smallest absolute Gasteiger partial charge is 0.244 e. The maximum absolute atomic E-state index is 13.5. The van der Waals surface area contributed by atoms with Crippen molar-refractivity contribution in [2.24, 2.45) is 0 Å². The minimum absolute atomic E-state index is 0.108. The summed E-state index contributed by atoms with van der Waals surface area (Å²) in [5.74, 6) is -0.372. The van der Waals surface area contributed by atoms with Crippen molar-refractivity contribution >= 4 is 15.9 Å². The van der Waals surface area contributed by atoms with Crippen molar-refractivity contribution in [1.82, 2.24) is 14.6 Å². The summed E-state index contributed by atoms with van der Waals surface area (Å²) in [7, 11) is -3.87. The lowest BCUT2D eigenvalue weighted by atomic mass is 10.2. The molecule has 0 saturated heterocycles. The van der Waals surface area contributed by atoms with Gasteiger partial charge in [-0.15, -0.1) is 0 Å². The van der Waals surface area contributed by atoms with E-state index in [9.17, 15) is 13.2 Å². The standard InChI is InChI=1S/C23H25N3O3S/c1-18-10-11-19(2)22(13-18)30(28,29)26(16-20-7-4-3-5-8-20)17-23(27)25-15-21-9-6-12-24-14-21/h3-14H,15-17H2,1-2H3,(H,25,27). The van der Waals surface area contributed by atoms with E-state index in [1.54, 1.807) is 37.5 Å². The third-order valence-corrected chi connectivity index (χ3v) is 6.63. The number of aromatic nitrogens is 1. The van der Waals surface area contributed by atoms with Crippen LogP contribution < -0.4 is 5.32 Å². The molecular weight excluding hydrogens is 398 g/mol. The Hall–Kier alpha value is -3.03. The van der Waals surface area contributed by atoms with Gasteiger partial charge in [0.1, 0.15) is 0 Å². The Balaban J connectivity index is 1.84. The molecule has 0 radical (unpaired) electrons. The predicted molar refractivity (Wildman–Crippen MR) is 116 cm³/mol. The Bertz CT molecular complexity index is 1100. The Morgan fingerprint density at radius 1 is 1.00 bits per heavy atom. The summed E-state index contributed by atoms with van der Waals surface area (Å²) in [5.41, 5.74) is 3.15. The highest BCUT2D eigenvalue weighted by Gasteiger charge is 2.28. The van der Waals surface area contributed by atoms with Crippen molar-refractivity contribution in [3.8, 4) is 0 Å². The second-order valence-corrected chi connectivity index (χ2v) is 9.07. The number of carbonyl (C=O) groups is 1. The molecule has 0 aliphatic rings. The molecule has 3 aromatic rings. The molecule has 6 nitrogen and oxygen atoms in total. The van der Waals surface area contributed by atoms with Gasteiger partial charge in [-0.25, -0.2) is 8.42 Å². The number of amides is 1. The lowest BCUT2D eigenvalue weighted by molar-refractivity contribution is -0.121. The fourth-order valence-electron chi connectivity index (χ4n) is 3.06. The quantitative estimate of drug-likeness (QED) is 0.603. The monoisotopic (exact) mass is 423 g/mol. The highest BCUT2D eigenvalue weighted by atomic mass is 32.2. The van der Waals surface area contributed by atoms with E-state index < -0.39 is 10.0 Å². The van der Waals surface area contributed by atoms with Gasteiger partial charge in [-0.3, -0.25) is 9.78 Å². The number of hydrogen-bond donors (Lipinski definition) is 1. The molecule has 156 valence electrons. The molecule has 0 spiro atoms. The molecule has 0 fully saturated rings. The zero-order valence-corrected chi connectivity index (χ0v) is 17.9. The highest BCUT2D eigenvalue weighted by Crippen LogP contribution is 2.23. The maximum atomic E-state index is 13.5. The molecule has 0 aliphatic carbocycles. The Kier molecular flexibility index (Phi) is 6.97. The molecular formula is C23H25N3O3S. The molecule has 0 unspecified atom stereocenters. The minimum Gasteiger partial charge on any atom is -0.351 e. The number of sulfonamides is 1. The fraction of sp³-hybridized carbons (Fsp3) is 0.217. The van der Waals surface area contributed by atoms with Crippen LogP contribution in [0, 0.1) is 13.8 Å². The van der Waals surface area contributed by atoms with Gasteiger partial charge >= 0.3 is 0 Å².